The summed E-state index contributed by atoms with van der Waals surface area (Å²) in [7, 11) is 0. The molecule has 1 aliphatic heterocycles. The summed E-state index contributed by atoms with van der Waals surface area (Å²) in [6, 6.07) is 0. The lowest BCUT2D eigenvalue weighted by Crippen LogP contribution is -2.19. The van der Waals surface area contributed by atoms with Crippen LogP contribution in [-0.4, -0.2) is 22.8 Å². The third kappa shape index (κ3) is 3.71. The van der Waals surface area contributed by atoms with Crippen LogP contribution in [0.25, 0.3) is 0 Å². The Bertz CT molecular complexity index is 361. The molecule has 0 amide bonds. The van der Waals surface area contributed by atoms with E-state index in [-0.39, 0.29) is 18.0 Å². The Kier molecular flexibility index (Phi) is 3.77. The zero-order valence-electron chi connectivity index (χ0n) is 10.2. The highest BCUT2D eigenvalue weighted by molar-refractivity contribution is 5.87. The van der Waals surface area contributed by atoms with E-state index in [1.165, 1.54) is 6.08 Å². The van der Waals surface area contributed by atoms with Crippen LogP contribution in [0.1, 0.15) is 34.1 Å². The fraction of sp³-hybridized carbons (Fsp3) is 0.615. The van der Waals surface area contributed by atoms with Crippen LogP contribution in [-0.2, 0) is 9.53 Å². The fourth-order valence-electron chi connectivity index (χ4n) is 1.40. The number of carbonyl (C=O) groups is 1. The number of ether oxygens (including phenoxy) is 1. The van der Waals surface area contributed by atoms with Crippen LogP contribution < -0.4 is 0 Å². The summed E-state index contributed by atoms with van der Waals surface area (Å²) in [6.07, 6.45) is 1.58. The summed E-state index contributed by atoms with van der Waals surface area (Å²) in [5.74, 6) is 5.67. The molecule has 1 N–H and O–H groups in total. The number of esters is 1. The molecule has 0 radical (unpaired) electrons. The molecule has 0 spiro atoms. The molecule has 3 heteroatoms. The first-order valence-electron chi connectivity index (χ1n) is 5.43. The van der Waals surface area contributed by atoms with Crippen molar-refractivity contribution in [2.75, 3.05) is 0 Å². The molecule has 1 unspecified atom stereocenters. The number of aliphatic hydroxyl groups is 1. The first-order chi connectivity index (χ1) is 7.29. The Morgan fingerprint density at radius 1 is 1.56 bits per heavy atom. The SMILES string of the molecule is CC(C)C1OC(=O)C=C1C#CCC(C)(C)O. The summed E-state index contributed by atoms with van der Waals surface area (Å²) < 4.78 is 5.12. The first kappa shape index (κ1) is 12.8. The minimum absolute atomic E-state index is 0.217. The minimum atomic E-state index is -0.801. The molecule has 0 bridgehead atoms. The molecule has 1 atom stereocenters. The third-order valence-electron chi connectivity index (χ3n) is 2.18. The van der Waals surface area contributed by atoms with Gasteiger partial charge in [-0.15, -0.1) is 0 Å². The molecule has 0 fully saturated rings. The van der Waals surface area contributed by atoms with E-state index < -0.39 is 5.60 Å². The van der Waals surface area contributed by atoms with E-state index in [0.717, 1.165) is 0 Å². The van der Waals surface area contributed by atoms with E-state index in [9.17, 15) is 9.90 Å². The topological polar surface area (TPSA) is 46.5 Å². The van der Waals surface area contributed by atoms with E-state index in [1.807, 2.05) is 13.8 Å². The summed E-state index contributed by atoms with van der Waals surface area (Å²) >= 11 is 0. The van der Waals surface area contributed by atoms with Gasteiger partial charge in [0.25, 0.3) is 0 Å². The highest BCUT2D eigenvalue weighted by Crippen LogP contribution is 2.22. The molecule has 0 aromatic carbocycles. The van der Waals surface area contributed by atoms with E-state index in [4.69, 9.17) is 4.74 Å². The largest absolute Gasteiger partial charge is 0.453 e. The molecule has 1 aliphatic rings. The van der Waals surface area contributed by atoms with Crippen LogP contribution in [0.3, 0.4) is 0 Å². The molecular formula is C13H18O3. The van der Waals surface area contributed by atoms with Crippen molar-refractivity contribution in [2.24, 2.45) is 5.92 Å². The van der Waals surface area contributed by atoms with E-state index in [1.54, 1.807) is 13.8 Å². The van der Waals surface area contributed by atoms with Crippen molar-refractivity contribution in [3.63, 3.8) is 0 Å². The standard InChI is InChI=1S/C13H18O3/c1-9(2)12-10(8-11(14)16-12)6-5-7-13(3,4)15/h8-9,12,15H,7H2,1-4H3. The van der Waals surface area contributed by atoms with Crippen molar-refractivity contribution >= 4 is 5.97 Å². The summed E-state index contributed by atoms with van der Waals surface area (Å²) in [5.41, 5.74) is -0.0890. The Balaban J connectivity index is 2.72. The minimum Gasteiger partial charge on any atom is -0.453 e. The molecule has 1 heterocycles. The lowest BCUT2D eigenvalue weighted by Gasteiger charge is -2.15. The highest BCUT2D eigenvalue weighted by atomic mass is 16.5. The summed E-state index contributed by atoms with van der Waals surface area (Å²) in [6.45, 7) is 7.36. The van der Waals surface area contributed by atoms with Gasteiger partial charge < -0.3 is 9.84 Å². The summed E-state index contributed by atoms with van der Waals surface area (Å²) in [4.78, 5) is 11.1. The van der Waals surface area contributed by atoms with Gasteiger partial charge in [0.2, 0.25) is 0 Å². The maximum Gasteiger partial charge on any atom is 0.332 e. The van der Waals surface area contributed by atoms with E-state index >= 15 is 0 Å². The Labute approximate surface area is 96.5 Å². The molecular weight excluding hydrogens is 204 g/mol. The molecule has 0 saturated carbocycles. The predicted octanol–water partition coefficient (Wildman–Crippen LogP) is 1.66. The average Bonchev–Trinajstić information content (AvgIpc) is 2.44. The fourth-order valence-corrected chi connectivity index (χ4v) is 1.40. The van der Waals surface area contributed by atoms with Crippen LogP contribution in [0.4, 0.5) is 0 Å². The van der Waals surface area contributed by atoms with Crippen molar-refractivity contribution in [1.82, 2.24) is 0 Å². The smallest absolute Gasteiger partial charge is 0.332 e. The van der Waals surface area contributed by atoms with Gasteiger partial charge in [0.05, 0.1) is 11.2 Å². The number of hydrogen-bond acceptors (Lipinski definition) is 3. The number of rotatable bonds is 2. The Morgan fingerprint density at radius 3 is 2.69 bits per heavy atom. The average molecular weight is 222 g/mol. The van der Waals surface area contributed by atoms with Crippen LogP contribution in [0, 0.1) is 17.8 Å². The Morgan fingerprint density at radius 2 is 2.19 bits per heavy atom. The zero-order chi connectivity index (χ0) is 12.3. The van der Waals surface area contributed by atoms with Gasteiger partial charge in [0, 0.05) is 12.5 Å². The number of hydrogen-bond donors (Lipinski definition) is 1. The molecule has 0 aliphatic carbocycles. The quantitative estimate of drug-likeness (QED) is 0.571. The van der Waals surface area contributed by atoms with Crippen LogP contribution in [0.15, 0.2) is 11.6 Å². The van der Waals surface area contributed by atoms with Crippen LogP contribution >= 0.6 is 0 Å². The molecule has 16 heavy (non-hydrogen) atoms. The highest BCUT2D eigenvalue weighted by Gasteiger charge is 2.27. The molecule has 88 valence electrons. The predicted molar refractivity (Wildman–Crippen MR) is 61.5 cm³/mol. The lowest BCUT2D eigenvalue weighted by atomic mass is 9.99. The van der Waals surface area contributed by atoms with Gasteiger partial charge >= 0.3 is 5.97 Å². The molecule has 0 aromatic rings. The maximum atomic E-state index is 11.1. The van der Waals surface area contributed by atoms with Gasteiger partial charge in [0.1, 0.15) is 6.10 Å². The number of cyclic esters (lactones) is 1. The second kappa shape index (κ2) is 4.71. The van der Waals surface area contributed by atoms with Gasteiger partial charge in [0.15, 0.2) is 0 Å². The third-order valence-corrected chi connectivity index (χ3v) is 2.18. The van der Waals surface area contributed by atoms with Gasteiger partial charge in [-0.05, 0) is 19.8 Å². The molecule has 3 nitrogen and oxygen atoms in total. The zero-order valence-corrected chi connectivity index (χ0v) is 10.2. The lowest BCUT2D eigenvalue weighted by molar-refractivity contribution is -0.140. The monoisotopic (exact) mass is 222 g/mol. The van der Waals surface area contributed by atoms with Crippen molar-refractivity contribution in [1.29, 1.82) is 0 Å². The maximum absolute atomic E-state index is 11.1. The molecule has 0 aromatic heterocycles. The number of carbonyl (C=O) groups excluding carboxylic acids is 1. The van der Waals surface area contributed by atoms with Crippen LogP contribution in [0.2, 0.25) is 0 Å². The second-order valence-corrected chi connectivity index (χ2v) is 4.99. The van der Waals surface area contributed by atoms with Gasteiger partial charge in [-0.2, -0.15) is 0 Å². The van der Waals surface area contributed by atoms with Crippen molar-refractivity contribution < 1.29 is 14.6 Å². The second-order valence-electron chi connectivity index (χ2n) is 4.99. The van der Waals surface area contributed by atoms with Crippen molar-refractivity contribution in [2.45, 2.75) is 45.8 Å². The van der Waals surface area contributed by atoms with Crippen molar-refractivity contribution in [3.8, 4) is 11.8 Å². The molecule has 0 saturated heterocycles. The van der Waals surface area contributed by atoms with Gasteiger partial charge in [-0.3, -0.25) is 0 Å². The Hall–Kier alpha value is -1.27. The van der Waals surface area contributed by atoms with Gasteiger partial charge in [-0.1, -0.05) is 25.7 Å². The van der Waals surface area contributed by atoms with Crippen LogP contribution in [0.5, 0.6) is 0 Å². The molecule has 1 rings (SSSR count). The van der Waals surface area contributed by atoms with E-state index in [2.05, 4.69) is 11.8 Å². The van der Waals surface area contributed by atoms with E-state index in [0.29, 0.717) is 12.0 Å². The van der Waals surface area contributed by atoms with Crippen molar-refractivity contribution in [3.05, 3.63) is 11.6 Å². The normalized spacial score (nSPS) is 20.2. The summed E-state index contributed by atoms with van der Waals surface area (Å²) in [5, 5.41) is 9.50. The van der Waals surface area contributed by atoms with Gasteiger partial charge in [-0.25, -0.2) is 4.79 Å². The first-order valence-corrected chi connectivity index (χ1v) is 5.43.